The van der Waals surface area contributed by atoms with Gasteiger partial charge in [0.25, 0.3) is 5.91 Å². The molecule has 0 saturated carbocycles. The zero-order chi connectivity index (χ0) is 14.0. The SMILES string of the molecule is COc1ccc(-n2cc([N+](=O)[O-])c(C(N)=O)n2)cc1. The summed E-state index contributed by atoms with van der Waals surface area (Å²) in [4.78, 5) is 21.2. The Labute approximate surface area is 107 Å². The number of hydrogen-bond donors (Lipinski definition) is 1. The highest BCUT2D eigenvalue weighted by Gasteiger charge is 2.24. The fourth-order valence-electron chi connectivity index (χ4n) is 1.54. The maximum atomic E-state index is 11.1. The molecule has 2 rings (SSSR count). The first-order chi connectivity index (χ1) is 9.02. The van der Waals surface area contributed by atoms with Crippen molar-refractivity contribution in [1.82, 2.24) is 9.78 Å². The van der Waals surface area contributed by atoms with E-state index in [1.54, 1.807) is 24.3 Å². The Balaban J connectivity index is 2.47. The number of hydrogen-bond acceptors (Lipinski definition) is 5. The summed E-state index contributed by atoms with van der Waals surface area (Å²) in [6.07, 6.45) is 1.14. The van der Waals surface area contributed by atoms with Gasteiger partial charge in [0.2, 0.25) is 5.69 Å². The number of rotatable bonds is 4. The van der Waals surface area contributed by atoms with E-state index >= 15 is 0 Å². The molecule has 0 bridgehead atoms. The highest BCUT2D eigenvalue weighted by atomic mass is 16.6. The van der Waals surface area contributed by atoms with Gasteiger partial charge < -0.3 is 10.5 Å². The van der Waals surface area contributed by atoms with Gasteiger partial charge in [-0.3, -0.25) is 14.9 Å². The lowest BCUT2D eigenvalue weighted by molar-refractivity contribution is -0.385. The number of carbonyl (C=O) groups excluding carboxylic acids is 1. The molecule has 8 heteroatoms. The van der Waals surface area contributed by atoms with Crippen molar-refractivity contribution < 1.29 is 14.5 Å². The van der Waals surface area contributed by atoms with Gasteiger partial charge in [-0.15, -0.1) is 0 Å². The molecule has 8 nitrogen and oxygen atoms in total. The number of nitrogens with two attached hydrogens (primary N) is 1. The van der Waals surface area contributed by atoms with E-state index in [1.807, 2.05) is 0 Å². The van der Waals surface area contributed by atoms with Crippen LogP contribution >= 0.6 is 0 Å². The van der Waals surface area contributed by atoms with Gasteiger partial charge in [0.15, 0.2) is 0 Å². The Morgan fingerprint density at radius 3 is 2.47 bits per heavy atom. The summed E-state index contributed by atoms with van der Waals surface area (Å²) in [6.45, 7) is 0. The molecule has 1 aromatic carbocycles. The molecular formula is C11H10N4O4. The van der Waals surface area contributed by atoms with Crippen molar-refractivity contribution in [2.75, 3.05) is 7.11 Å². The molecule has 0 atom stereocenters. The lowest BCUT2D eigenvalue weighted by atomic mass is 10.3. The first-order valence-electron chi connectivity index (χ1n) is 5.21. The predicted molar refractivity (Wildman–Crippen MR) is 65.3 cm³/mol. The third-order valence-electron chi connectivity index (χ3n) is 2.46. The predicted octanol–water partition coefficient (Wildman–Crippen LogP) is 0.888. The lowest BCUT2D eigenvalue weighted by Crippen LogP contribution is -2.14. The molecule has 2 aromatic rings. The minimum absolute atomic E-state index is 0.374. The van der Waals surface area contributed by atoms with Crippen LogP contribution in [0, 0.1) is 10.1 Å². The van der Waals surface area contributed by atoms with Crippen LogP contribution in [-0.2, 0) is 0 Å². The second-order valence-corrected chi connectivity index (χ2v) is 3.63. The molecule has 0 radical (unpaired) electrons. The number of benzene rings is 1. The normalized spacial score (nSPS) is 10.2. The van der Waals surface area contributed by atoms with Crippen molar-refractivity contribution in [3.05, 3.63) is 46.3 Å². The van der Waals surface area contributed by atoms with Gasteiger partial charge in [0, 0.05) is 0 Å². The van der Waals surface area contributed by atoms with Gasteiger partial charge in [-0.05, 0) is 24.3 Å². The van der Waals surface area contributed by atoms with Crippen LogP contribution in [0.25, 0.3) is 5.69 Å². The molecule has 0 aliphatic heterocycles. The summed E-state index contributed by atoms with van der Waals surface area (Å²) < 4.78 is 6.22. The van der Waals surface area contributed by atoms with Crippen LogP contribution in [0.15, 0.2) is 30.5 Å². The Morgan fingerprint density at radius 1 is 1.42 bits per heavy atom. The summed E-state index contributed by atoms with van der Waals surface area (Å²) in [7, 11) is 1.53. The van der Waals surface area contributed by atoms with Gasteiger partial charge in [-0.25, -0.2) is 4.68 Å². The maximum Gasteiger partial charge on any atom is 0.320 e. The fraction of sp³-hybridized carbons (Fsp3) is 0.0909. The van der Waals surface area contributed by atoms with Crippen LogP contribution in [0.1, 0.15) is 10.5 Å². The Morgan fingerprint density at radius 2 is 2.05 bits per heavy atom. The van der Waals surface area contributed by atoms with Crippen LogP contribution in [-0.4, -0.2) is 27.7 Å². The smallest absolute Gasteiger partial charge is 0.320 e. The Hall–Kier alpha value is -2.90. The number of amides is 1. The van der Waals surface area contributed by atoms with E-state index in [2.05, 4.69) is 5.10 Å². The molecule has 98 valence electrons. The minimum Gasteiger partial charge on any atom is -0.497 e. The van der Waals surface area contributed by atoms with Crippen molar-refractivity contribution in [2.45, 2.75) is 0 Å². The van der Waals surface area contributed by atoms with Gasteiger partial charge in [0.05, 0.1) is 17.7 Å². The number of aromatic nitrogens is 2. The largest absolute Gasteiger partial charge is 0.497 e. The number of ether oxygens (including phenoxy) is 1. The molecule has 0 aliphatic rings. The maximum absolute atomic E-state index is 11.1. The zero-order valence-electron chi connectivity index (χ0n) is 9.94. The summed E-state index contributed by atoms with van der Waals surface area (Å²) in [5.74, 6) is -0.306. The third-order valence-corrected chi connectivity index (χ3v) is 2.46. The summed E-state index contributed by atoms with van der Waals surface area (Å²) >= 11 is 0. The van der Waals surface area contributed by atoms with Crippen LogP contribution in [0.2, 0.25) is 0 Å². The number of nitro groups is 1. The number of primary amides is 1. The van der Waals surface area contributed by atoms with Gasteiger partial charge in [-0.1, -0.05) is 0 Å². The van der Waals surface area contributed by atoms with E-state index < -0.39 is 16.5 Å². The molecule has 1 aromatic heterocycles. The van der Waals surface area contributed by atoms with Crippen molar-refractivity contribution in [1.29, 1.82) is 0 Å². The molecule has 0 spiro atoms. The zero-order valence-corrected chi connectivity index (χ0v) is 9.94. The highest BCUT2D eigenvalue weighted by molar-refractivity contribution is 5.94. The van der Waals surface area contributed by atoms with Crippen LogP contribution in [0.4, 0.5) is 5.69 Å². The molecular weight excluding hydrogens is 252 g/mol. The van der Waals surface area contributed by atoms with E-state index in [0.29, 0.717) is 11.4 Å². The average Bonchev–Trinajstić information content (AvgIpc) is 2.84. The first-order valence-corrected chi connectivity index (χ1v) is 5.21. The van der Waals surface area contributed by atoms with E-state index in [-0.39, 0.29) is 5.69 Å². The fourth-order valence-corrected chi connectivity index (χ4v) is 1.54. The average molecular weight is 262 g/mol. The molecule has 0 unspecified atom stereocenters. The van der Waals surface area contributed by atoms with E-state index in [4.69, 9.17) is 10.5 Å². The monoisotopic (exact) mass is 262 g/mol. The molecule has 0 aliphatic carbocycles. The van der Waals surface area contributed by atoms with E-state index in [9.17, 15) is 14.9 Å². The third kappa shape index (κ3) is 2.37. The molecule has 1 amide bonds. The van der Waals surface area contributed by atoms with Crippen LogP contribution in [0.3, 0.4) is 0 Å². The second kappa shape index (κ2) is 4.77. The molecule has 2 N–H and O–H groups in total. The van der Waals surface area contributed by atoms with Gasteiger partial charge >= 0.3 is 5.69 Å². The van der Waals surface area contributed by atoms with Crippen LogP contribution in [0.5, 0.6) is 5.75 Å². The Bertz CT molecular complexity index is 601. The van der Waals surface area contributed by atoms with Gasteiger partial charge in [-0.2, -0.15) is 5.10 Å². The minimum atomic E-state index is -0.945. The van der Waals surface area contributed by atoms with Crippen molar-refractivity contribution >= 4 is 11.6 Å². The highest BCUT2D eigenvalue weighted by Crippen LogP contribution is 2.20. The van der Waals surface area contributed by atoms with Gasteiger partial charge in [0.1, 0.15) is 11.9 Å². The first kappa shape index (κ1) is 12.6. The van der Waals surface area contributed by atoms with Crippen molar-refractivity contribution in [2.24, 2.45) is 5.73 Å². The quantitative estimate of drug-likeness (QED) is 0.649. The standard InChI is InChI=1S/C11H10N4O4/c1-19-8-4-2-7(3-5-8)14-6-9(15(17)18)10(13-14)11(12)16/h2-6H,1H3,(H2,12,16). The van der Waals surface area contributed by atoms with Crippen molar-refractivity contribution in [3.8, 4) is 11.4 Å². The molecule has 0 saturated heterocycles. The summed E-state index contributed by atoms with van der Waals surface area (Å²) in [6, 6.07) is 6.65. The van der Waals surface area contributed by atoms with Crippen LogP contribution < -0.4 is 10.5 Å². The number of nitrogens with zero attached hydrogens (tertiary/aromatic N) is 3. The van der Waals surface area contributed by atoms with E-state index in [0.717, 1.165) is 6.20 Å². The summed E-state index contributed by atoms with van der Waals surface area (Å²) in [5, 5.41) is 14.6. The molecule has 0 fully saturated rings. The van der Waals surface area contributed by atoms with Crippen molar-refractivity contribution in [3.63, 3.8) is 0 Å². The lowest BCUT2D eigenvalue weighted by Gasteiger charge is -2.02. The number of carbonyl (C=O) groups is 1. The summed E-state index contributed by atoms with van der Waals surface area (Å²) in [5.41, 5.74) is 4.80. The second-order valence-electron chi connectivity index (χ2n) is 3.63. The number of methoxy groups -OCH3 is 1. The topological polar surface area (TPSA) is 113 Å². The van der Waals surface area contributed by atoms with E-state index in [1.165, 1.54) is 11.8 Å². The Kier molecular flexibility index (Phi) is 3.15. The molecule has 19 heavy (non-hydrogen) atoms. The molecule has 1 heterocycles.